The van der Waals surface area contributed by atoms with Crippen molar-refractivity contribution in [1.29, 1.82) is 0 Å². The van der Waals surface area contributed by atoms with E-state index in [0.29, 0.717) is 23.4 Å². The van der Waals surface area contributed by atoms with Crippen LogP contribution in [-0.4, -0.2) is 41.0 Å². The Kier molecular flexibility index (Phi) is 7.72. The third-order valence-electron chi connectivity index (χ3n) is 1.72. The molecule has 0 rings (SSSR count). The first-order valence-corrected chi connectivity index (χ1v) is 6.10. The van der Waals surface area contributed by atoms with Gasteiger partial charge in [0.15, 0.2) is 0 Å². The van der Waals surface area contributed by atoms with Gasteiger partial charge in [0.1, 0.15) is 6.04 Å². The topological polar surface area (TPSA) is 120 Å². The van der Waals surface area contributed by atoms with Crippen LogP contribution < -0.4 is 16.2 Å². The second-order valence-corrected chi connectivity index (χ2v) is 3.73. The van der Waals surface area contributed by atoms with Crippen LogP contribution in [0.5, 0.6) is 0 Å². The summed E-state index contributed by atoms with van der Waals surface area (Å²) >= 11 is 0. The molecule has 0 aliphatic rings. The maximum Gasteiger partial charge on any atom is 0.345 e. The minimum absolute atomic E-state index is 0.230. The number of rotatable bonds is 6. The molecule has 0 aromatic rings. The second-order valence-electron chi connectivity index (χ2n) is 3.15. The first-order valence-electron chi connectivity index (χ1n) is 5.10. The van der Waals surface area contributed by atoms with Crippen molar-refractivity contribution < 1.29 is 24.0 Å². The number of hydrogen-bond donors (Lipinski definition) is 3. The normalized spacial score (nSPS) is 11.6. The summed E-state index contributed by atoms with van der Waals surface area (Å²) in [5.74, 6) is -1.29. The Morgan fingerprint density at radius 2 is 2.06 bits per heavy atom. The second kappa shape index (κ2) is 8.53. The number of ether oxygens (including phenoxy) is 1. The lowest BCUT2D eigenvalue weighted by molar-refractivity contribution is -0.155. The number of nitrogens with two attached hydrogens (primary N) is 1. The van der Waals surface area contributed by atoms with E-state index in [0.717, 1.165) is 0 Å². The molecule has 0 aromatic carbocycles. The lowest BCUT2D eigenvalue weighted by Crippen LogP contribution is -2.40. The molecular formula is C8H17N3O5Si. The number of carbonyl (C=O) groups excluding carboxylic acids is 3. The van der Waals surface area contributed by atoms with E-state index >= 15 is 0 Å². The van der Waals surface area contributed by atoms with Crippen LogP contribution >= 0.6 is 0 Å². The van der Waals surface area contributed by atoms with Gasteiger partial charge < -0.3 is 20.3 Å². The number of carbonyl (C=O) groups is 3. The number of esters is 1. The van der Waals surface area contributed by atoms with Crippen molar-refractivity contribution in [3.05, 3.63) is 0 Å². The van der Waals surface area contributed by atoms with E-state index in [-0.39, 0.29) is 6.42 Å². The van der Waals surface area contributed by atoms with Gasteiger partial charge in [-0.15, -0.1) is 0 Å². The first-order chi connectivity index (χ1) is 8.01. The highest BCUT2D eigenvalue weighted by Gasteiger charge is 2.22. The van der Waals surface area contributed by atoms with Crippen LogP contribution in [0.25, 0.3) is 0 Å². The fourth-order valence-electron chi connectivity index (χ4n) is 0.922. The zero-order valence-corrected chi connectivity index (χ0v) is 11.8. The van der Waals surface area contributed by atoms with Crippen LogP contribution in [0.1, 0.15) is 19.8 Å². The van der Waals surface area contributed by atoms with Gasteiger partial charge >= 0.3 is 18.0 Å². The minimum Gasteiger partial charge on any atom is -0.465 e. The molecule has 0 radical (unpaired) electrons. The number of amides is 2. The Balaban J connectivity index is 4.06. The summed E-state index contributed by atoms with van der Waals surface area (Å²) in [5.41, 5.74) is 6.38. The molecule has 0 unspecified atom stereocenters. The monoisotopic (exact) mass is 263 g/mol. The van der Waals surface area contributed by atoms with Crippen molar-refractivity contribution in [2.75, 3.05) is 6.61 Å². The van der Waals surface area contributed by atoms with Crippen LogP contribution in [0, 0.1) is 0 Å². The van der Waals surface area contributed by atoms with Crippen molar-refractivity contribution in [1.82, 2.24) is 10.5 Å². The van der Waals surface area contributed by atoms with Gasteiger partial charge in [-0.05, 0) is 6.42 Å². The average Bonchev–Trinajstić information content (AvgIpc) is 2.30. The number of hydrogen-bond acceptors (Lipinski definition) is 6. The molecule has 8 nitrogen and oxygen atoms in total. The van der Waals surface area contributed by atoms with Crippen LogP contribution in [0.3, 0.4) is 0 Å². The molecule has 0 saturated heterocycles. The van der Waals surface area contributed by atoms with Gasteiger partial charge in [-0.2, -0.15) is 5.48 Å². The molecule has 0 saturated carbocycles. The first kappa shape index (κ1) is 15.4. The molecule has 0 bridgehead atoms. The highest BCUT2D eigenvalue weighted by molar-refractivity contribution is 6.06. The zero-order chi connectivity index (χ0) is 13.3. The molecule has 0 spiro atoms. The van der Waals surface area contributed by atoms with Gasteiger partial charge in [-0.25, -0.2) is 9.59 Å². The van der Waals surface area contributed by atoms with Gasteiger partial charge in [-0.3, -0.25) is 4.79 Å². The molecule has 0 heterocycles. The number of primary amides is 1. The van der Waals surface area contributed by atoms with Crippen molar-refractivity contribution >= 4 is 28.4 Å². The summed E-state index contributed by atoms with van der Waals surface area (Å²) in [7, 11) is 0.514. The highest BCUT2D eigenvalue weighted by Crippen LogP contribution is 1.97. The van der Waals surface area contributed by atoms with Crippen molar-refractivity contribution in [3.63, 3.8) is 0 Å². The Morgan fingerprint density at radius 1 is 1.41 bits per heavy atom. The summed E-state index contributed by atoms with van der Waals surface area (Å²) in [6.45, 7) is 2.16. The lowest BCUT2D eigenvalue weighted by atomic mass is 10.2. The van der Waals surface area contributed by atoms with E-state index in [4.69, 9.17) is 10.5 Å². The van der Waals surface area contributed by atoms with Crippen LogP contribution in [-0.2, 0) is 19.2 Å². The summed E-state index contributed by atoms with van der Waals surface area (Å²) in [4.78, 5) is 39.9. The Morgan fingerprint density at radius 3 is 2.53 bits per heavy atom. The quantitative estimate of drug-likeness (QED) is 0.281. The number of urea groups is 1. The van der Waals surface area contributed by atoms with Crippen LogP contribution in [0.15, 0.2) is 0 Å². The molecule has 1 atom stereocenters. The standard InChI is InChI=1S/C8H17N3O5Si/c1-2-3-15-7(13)5(11-17)4-6(12)16-10-8(9)14/h5,11H,2-4H2,1,17H3,(H3,9,10,14)/t5-/m0/s1. The molecule has 17 heavy (non-hydrogen) atoms. The largest absolute Gasteiger partial charge is 0.465 e. The highest BCUT2D eigenvalue weighted by atomic mass is 28.2. The van der Waals surface area contributed by atoms with E-state index in [1.165, 1.54) is 0 Å². The lowest BCUT2D eigenvalue weighted by Gasteiger charge is -2.14. The minimum atomic E-state index is -0.984. The van der Waals surface area contributed by atoms with Crippen molar-refractivity contribution in [3.8, 4) is 0 Å². The summed E-state index contributed by atoms with van der Waals surface area (Å²) in [6, 6.07) is -1.74. The third kappa shape index (κ3) is 7.30. The van der Waals surface area contributed by atoms with Gasteiger partial charge in [0.05, 0.1) is 23.4 Å². The molecule has 2 amide bonds. The van der Waals surface area contributed by atoms with Crippen molar-refractivity contribution in [2.24, 2.45) is 5.73 Å². The van der Waals surface area contributed by atoms with Gasteiger partial charge in [0, 0.05) is 0 Å². The molecule has 0 aliphatic carbocycles. The molecular weight excluding hydrogens is 246 g/mol. The smallest absolute Gasteiger partial charge is 0.345 e. The zero-order valence-electron chi connectivity index (χ0n) is 9.82. The Bertz CT molecular complexity index is 286. The van der Waals surface area contributed by atoms with Crippen LogP contribution in [0.4, 0.5) is 4.79 Å². The number of nitrogens with one attached hydrogen (secondary N) is 2. The summed E-state index contributed by atoms with van der Waals surface area (Å²) in [6.07, 6.45) is 0.472. The van der Waals surface area contributed by atoms with E-state index in [1.807, 2.05) is 6.92 Å². The molecule has 9 heteroatoms. The van der Waals surface area contributed by atoms with Crippen molar-refractivity contribution in [2.45, 2.75) is 25.8 Å². The summed E-state index contributed by atoms with van der Waals surface area (Å²) < 4.78 is 4.87. The third-order valence-corrected chi connectivity index (χ3v) is 2.41. The molecule has 98 valence electrons. The molecule has 0 fully saturated rings. The molecule has 4 N–H and O–H groups in total. The van der Waals surface area contributed by atoms with Crippen LogP contribution in [0.2, 0.25) is 0 Å². The Hall–Kier alpha value is -1.61. The fourth-order valence-corrected chi connectivity index (χ4v) is 1.36. The van der Waals surface area contributed by atoms with Gasteiger partial charge in [0.2, 0.25) is 0 Å². The van der Waals surface area contributed by atoms with Gasteiger partial charge in [0.25, 0.3) is 0 Å². The van der Waals surface area contributed by atoms with E-state index in [2.05, 4.69) is 9.82 Å². The Labute approximate surface area is 102 Å². The maximum absolute atomic E-state index is 11.4. The maximum atomic E-state index is 11.4. The van der Waals surface area contributed by atoms with E-state index < -0.39 is 24.0 Å². The fraction of sp³-hybridized carbons (Fsp3) is 0.625. The molecule has 0 aromatic heterocycles. The predicted octanol–water partition coefficient (Wildman–Crippen LogP) is -2.31. The SMILES string of the molecule is CCCOC(=O)[C@H](CC(=O)ONC(N)=O)N[SiH3]. The predicted molar refractivity (Wildman–Crippen MR) is 61.5 cm³/mol. The van der Waals surface area contributed by atoms with E-state index in [1.54, 1.807) is 5.48 Å². The number of hydroxylamine groups is 1. The van der Waals surface area contributed by atoms with Gasteiger partial charge in [-0.1, -0.05) is 6.92 Å². The molecule has 0 aliphatic heterocycles. The average molecular weight is 263 g/mol. The van der Waals surface area contributed by atoms with E-state index in [9.17, 15) is 14.4 Å². The summed E-state index contributed by atoms with van der Waals surface area (Å²) in [5, 5.41) is 0.